The van der Waals surface area contributed by atoms with E-state index in [9.17, 15) is 0 Å². The second-order valence-corrected chi connectivity index (χ2v) is 4.83. The van der Waals surface area contributed by atoms with Gasteiger partial charge < -0.3 is 0 Å². The van der Waals surface area contributed by atoms with E-state index in [-0.39, 0.29) is 0 Å². The maximum absolute atomic E-state index is 3.89. The molecule has 1 nitrogen and oxygen atoms in total. The van der Waals surface area contributed by atoms with E-state index < -0.39 is 0 Å². The Hall–Kier alpha value is -0.600. The molecule has 0 atom stereocenters. The molecule has 0 aromatic heterocycles. The van der Waals surface area contributed by atoms with Gasteiger partial charge in [-0.25, -0.2) is 0 Å². The van der Waals surface area contributed by atoms with E-state index >= 15 is 0 Å². The monoisotopic (exact) mass is 267 g/mol. The zero-order chi connectivity index (χ0) is 11.1. The van der Waals surface area contributed by atoms with Gasteiger partial charge in [-0.05, 0) is 18.5 Å². The van der Waals surface area contributed by atoms with Crippen molar-refractivity contribution in [2.75, 3.05) is 13.1 Å². The zero-order valence-electron chi connectivity index (χ0n) is 9.25. The van der Waals surface area contributed by atoms with Crippen molar-refractivity contribution < 1.29 is 0 Å². The summed E-state index contributed by atoms with van der Waals surface area (Å²) in [7, 11) is 0. The summed E-state index contributed by atoms with van der Waals surface area (Å²) < 4.78 is 1.05. The number of nitrogens with zero attached hydrogens (tertiary/aromatic N) is 1. The van der Waals surface area contributed by atoms with Crippen molar-refractivity contribution in [3.63, 3.8) is 0 Å². The van der Waals surface area contributed by atoms with Crippen molar-refractivity contribution in [2.24, 2.45) is 0 Å². The minimum Gasteiger partial charge on any atom is -0.294 e. The molecule has 0 radical (unpaired) electrons. The molecule has 0 saturated carbocycles. The van der Waals surface area contributed by atoms with Gasteiger partial charge in [-0.15, -0.1) is 0 Å². The van der Waals surface area contributed by atoms with Crippen LogP contribution in [-0.4, -0.2) is 18.0 Å². The lowest BCUT2D eigenvalue weighted by atomic mass is 10.2. The average Bonchev–Trinajstić information content (AvgIpc) is 2.18. The largest absolute Gasteiger partial charge is 0.294 e. The number of hydrogen-bond acceptors (Lipinski definition) is 1. The molecule has 0 fully saturated rings. The normalized spacial score (nSPS) is 10.6. The zero-order valence-corrected chi connectivity index (χ0v) is 10.8. The average molecular weight is 268 g/mol. The lowest BCUT2D eigenvalue weighted by molar-refractivity contribution is 0.294. The molecular formula is C13H18BrN. The molecule has 0 heterocycles. The molecular weight excluding hydrogens is 250 g/mol. The fourth-order valence-corrected chi connectivity index (χ4v) is 1.97. The Morgan fingerprint density at radius 2 is 2.00 bits per heavy atom. The molecule has 0 aliphatic rings. The van der Waals surface area contributed by atoms with Gasteiger partial charge in [0.2, 0.25) is 0 Å². The van der Waals surface area contributed by atoms with E-state index in [4.69, 9.17) is 0 Å². The van der Waals surface area contributed by atoms with Gasteiger partial charge in [0.1, 0.15) is 0 Å². The first-order valence-corrected chi connectivity index (χ1v) is 6.11. The highest BCUT2D eigenvalue weighted by Gasteiger charge is 2.04. The molecule has 0 unspecified atom stereocenters. The summed E-state index contributed by atoms with van der Waals surface area (Å²) in [5.74, 6) is 0. The third-order valence-electron chi connectivity index (χ3n) is 2.18. The van der Waals surface area contributed by atoms with Crippen molar-refractivity contribution in [3.05, 3.63) is 47.0 Å². The Labute approximate surface area is 101 Å². The van der Waals surface area contributed by atoms with Crippen molar-refractivity contribution in [1.29, 1.82) is 0 Å². The minimum absolute atomic E-state index is 0.919. The molecule has 0 saturated heterocycles. The first-order valence-electron chi connectivity index (χ1n) is 5.32. The summed E-state index contributed by atoms with van der Waals surface area (Å²) in [6.45, 7) is 9.13. The van der Waals surface area contributed by atoms with E-state index in [1.807, 2.05) is 0 Å². The second-order valence-electron chi connectivity index (χ2n) is 3.71. The Morgan fingerprint density at radius 3 is 2.53 bits per heavy atom. The van der Waals surface area contributed by atoms with Gasteiger partial charge >= 0.3 is 0 Å². The summed E-state index contributed by atoms with van der Waals surface area (Å²) in [5, 5.41) is 0. The van der Waals surface area contributed by atoms with Crippen LogP contribution in [-0.2, 0) is 6.54 Å². The summed E-state index contributed by atoms with van der Waals surface area (Å²) in [5.41, 5.74) is 1.36. The van der Waals surface area contributed by atoms with Gasteiger partial charge in [0.05, 0.1) is 0 Å². The van der Waals surface area contributed by atoms with Crippen LogP contribution >= 0.6 is 15.9 Å². The quantitative estimate of drug-likeness (QED) is 0.758. The standard InChI is InChI=1S/C13H18BrN/c1-3-9-15(10-12(2)14)11-13-7-5-4-6-8-13/h4-8H,2-3,9-11H2,1H3. The third kappa shape index (κ3) is 5.14. The molecule has 0 bridgehead atoms. The number of benzene rings is 1. The maximum atomic E-state index is 3.89. The lowest BCUT2D eigenvalue weighted by Gasteiger charge is -2.21. The van der Waals surface area contributed by atoms with Crippen LogP contribution in [0.3, 0.4) is 0 Å². The van der Waals surface area contributed by atoms with E-state index in [0.717, 1.165) is 24.1 Å². The Morgan fingerprint density at radius 1 is 1.33 bits per heavy atom. The number of hydrogen-bond donors (Lipinski definition) is 0. The fraction of sp³-hybridized carbons (Fsp3) is 0.385. The van der Waals surface area contributed by atoms with Gasteiger partial charge in [-0.2, -0.15) is 0 Å². The molecule has 0 aliphatic carbocycles. The van der Waals surface area contributed by atoms with E-state index in [2.05, 4.69) is 64.7 Å². The third-order valence-corrected chi connectivity index (χ3v) is 2.43. The minimum atomic E-state index is 0.919. The van der Waals surface area contributed by atoms with Gasteiger partial charge in [0.15, 0.2) is 0 Å². The summed E-state index contributed by atoms with van der Waals surface area (Å²) in [4.78, 5) is 2.40. The van der Waals surface area contributed by atoms with Crippen LogP contribution in [0, 0.1) is 0 Å². The number of rotatable bonds is 6. The van der Waals surface area contributed by atoms with Crippen molar-refractivity contribution >= 4 is 15.9 Å². The molecule has 0 amide bonds. The van der Waals surface area contributed by atoms with Crippen LogP contribution in [0.1, 0.15) is 18.9 Å². The predicted octanol–water partition coefficient (Wildman–Crippen LogP) is 3.81. The summed E-state index contributed by atoms with van der Waals surface area (Å²) in [6.07, 6.45) is 1.17. The van der Waals surface area contributed by atoms with Gasteiger partial charge in [-0.1, -0.05) is 59.8 Å². The lowest BCUT2D eigenvalue weighted by Crippen LogP contribution is -2.25. The Balaban J connectivity index is 2.54. The molecule has 1 rings (SSSR count). The topological polar surface area (TPSA) is 3.24 Å². The van der Waals surface area contributed by atoms with Crippen LogP contribution in [0.15, 0.2) is 41.4 Å². The van der Waals surface area contributed by atoms with Gasteiger partial charge in [0, 0.05) is 17.6 Å². The van der Waals surface area contributed by atoms with Crippen molar-refractivity contribution in [2.45, 2.75) is 19.9 Å². The summed E-state index contributed by atoms with van der Waals surface area (Å²) >= 11 is 3.42. The predicted molar refractivity (Wildman–Crippen MR) is 70.1 cm³/mol. The van der Waals surface area contributed by atoms with Gasteiger partial charge in [0.25, 0.3) is 0 Å². The van der Waals surface area contributed by atoms with Crippen LogP contribution < -0.4 is 0 Å². The highest BCUT2D eigenvalue weighted by atomic mass is 79.9. The molecule has 0 aliphatic heterocycles. The van der Waals surface area contributed by atoms with Crippen LogP contribution in [0.25, 0.3) is 0 Å². The molecule has 15 heavy (non-hydrogen) atoms. The molecule has 0 spiro atoms. The highest BCUT2D eigenvalue weighted by molar-refractivity contribution is 9.11. The summed E-state index contributed by atoms with van der Waals surface area (Å²) in [6, 6.07) is 10.6. The fourth-order valence-electron chi connectivity index (χ4n) is 1.61. The number of halogens is 1. The first kappa shape index (κ1) is 12.5. The van der Waals surface area contributed by atoms with E-state index in [1.165, 1.54) is 12.0 Å². The maximum Gasteiger partial charge on any atom is 0.0297 e. The van der Waals surface area contributed by atoms with E-state index in [0.29, 0.717) is 0 Å². The van der Waals surface area contributed by atoms with Crippen LogP contribution in [0.2, 0.25) is 0 Å². The first-order chi connectivity index (χ1) is 7.22. The molecule has 82 valence electrons. The van der Waals surface area contributed by atoms with Crippen molar-refractivity contribution in [1.82, 2.24) is 4.90 Å². The molecule has 1 aromatic rings. The highest BCUT2D eigenvalue weighted by Crippen LogP contribution is 2.09. The molecule has 2 heteroatoms. The SMILES string of the molecule is C=C(Br)CN(CCC)Cc1ccccc1. The van der Waals surface area contributed by atoms with Crippen LogP contribution in [0.5, 0.6) is 0 Å². The smallest absolute Gasteiger partial charge is 0.0297 e. The Bertz CT molecular complexity index is 295. The van der Waals surface area contributed by atoms with Crippen molar-refractivity contribution in [3.8, 4) is 0 Å². The second kappa shape index (κ2) is 6.81. The van der Waals surface area contributed by atoms with Crippen LogP contribution in [0.4, 0.5) is 0 Å². The molecule has 0 N–H and O–H groups in total. The van der Waals surface area contributed by atoms with Gasteiger partial charge in [-0.3, -0.25) is 4.90 Å². The Kier molecular flexibility index (Phi) is 5.66. The van der Waals surface area contributed by atoms with E-state index in [1.54, 1.807) is 0 Å². The molecule has 1 aromatic carbocycles.